The van der Waals surface area contributed by atoms with E-state index in [-0.39, 0.29) is 5.97 Å². The summed E-state index contributed by atoms with van der Waals surface area (Å²) in [6, 6.07) is 0. The number of quaternary nitrogens is 1. The molecule has 0 fully saturated rings. The van der Waals surface area contributed by atoms with Gasteiger partial charge in [-0.1, -0.05) is 67.7 Å². The van der Waals surface area contributed by atoms with Crippen LogP contribution in [0.25, 0.3) is 0 Å². The molecule has 4 nitrogen and oxygen atoms in total. The lowest BCUT2D eigenvalue weighted by Crippen LogP contribution is -2.38. The van der Waals surface area contributed by atoms with Crippen LogP contribution in [0.5, 0.6) is 0 Å². The molecule has 0 bridgehead atoms. The molecular weight excluding hydrogens is 454 g/mol. The Morgan fingerprint density at radius 3 is 1.80 bits per heavy atom. The Morgan fingerprint density at radius 1 is 0.743 bits per heavy atom. The molecule has 5 heteroatoms. The molecule has 0 radical (unpaired) electrons. The predicted octanol–water partition coefficient (Wildman–Crippen LogP) is 7.24. The van der Waals surface area contributed by atoms with E-state index >= 15 is 0 Å². The van der Waals surface area contributed by atoms with Gasteiger partial charge in [-0.05, 0) is 57.1 Å². The largest absolute Gasteiger partial charge is 0.459 e. The smallest absolute Gasteiger partial charge is 0.316 e. The molecule has 0 saturated carbocycles. The van der Waals surface area contributed by atoms with Gasteiger partial charge in [-0.3, -0.25) is 9.59 Å². The molecule has 0 unspecified atom stereocenters. The van der Waals surface area contributed by atoms with Crippen molar-refractivity contribution >= 4 is 23.5 Å². The van der Waals surface area contributed by atoms with Crippen LogP contribution in [0.4, 0.5) is 0 Å². The van der Waals surface area contributed by atoms with E-state index in [4.69, 9.17) is 4.74 Å². The Morgan fingerprint density at radius 2 is 1.26 bits per heavy atom. The maximum absolute atomic E-state index is 12.0. The summed E-state index contributed by atoms with van der Waals surface area (Å²) in [6.45, 7) is 3.42. The molecule has 35 heavy (non-hydrogen) atoms. The van der Waals surface area contributed by atoms with Gasteiger partial charge in [0, 0.05) is 12.8 Å². The van der Waals surface area contributed by atoms with E-state index in [9.17, 15) is 9.59 Å². The molecular formula is C30H50NO3S+. The van der Waals surface area contributed by atoms with Gasteiger partial charge in [0.2, 0.25) is 0 Å². The summed E-state index contributed by atoms with van der Waals surface area (Å²) in [7, 11) is 6.22. The van der Waals surface area contributed by atoms with Gasteiger partial charge in [-0.25, -0.2) is 0 Å². The molecule has 0 spiro atoms. The molecule has 0 N–H and O–H groups in total. The van der Waals surface area contributed by atoms with E-state index in [2.05, 4.69) is 88.8 Å². The molecule has 0 aromatic carbocycles. The number of ketones is 1. The lowest BCUT2D eigenvalue weighted by Gasteiger charge is -2.23. The Bertz CT molecular complexity index is 684. The number of nitrogens with zero attached hydrogens (tertiary/aromatic N) is 1. The van der Waals surface area contributed by atoms with Crippen molar-refractivity contribution in [1.82, 2.24) is 0 Å². The van der Waals surface area contributed by atoms with Gasteiger partial charge >= 0.3 is 5.97 Å². The number of thioether (sulfide) groups is 1. The van der Waals surface area contributed by atoms with Crippen LogP contribution < -0.4 is 0 Å². The van der Waals surface area contributed by atoms with Crippen LogP contribution in [0.1, 0.15) is 71.1 Å². The number of carbonyl (C=O) groups excluding carboxylic acids is 2. The zero-order valence-electron chi connectivity index (χ0n) is 22.8. The second-order valence-corrected chi connectivity index (χ2v) is 10.6. The van der Waals surface area contributed by atoms with Crippen LogP contribution >= 0.6 is 11.8 Å². The third-order valence-corrected chi connectivity index (χ3v) is 5.99. The molecule has 0 atom stereocenters. The summed E-state index contributed by atoms with van der Waals surface area (Å²) >= 11 is 1.55. The molecule has 0 aromatic rings. The highest BCUT2D eigenvalue weighted by molar-refractivity contribution is 7.99. The number of ether oxygens (including phenoxy) is 1. The Hall–Kier alpha value is -1.85. The van der Waals surface area contributed by atoms with E-state index in [0.717, 1.165) is 68.1 Å². The average molecular weight is 505 g/mol. The van der Waals surface area contributed by atoms with Gasteiger partial charge < -0.3 is 9.22 Å². The SMILES string of the molecule is CC/C=C\C/C=C\C/C=C\C/C=C\C/C=C\CCCC(=O)CCCSCC(=O)OCC[N+](C)(C)C. The number of unbranched alkanes of at least 4 members (excludes halogenated alkanes) is 1. The number of carbonyl (C=O) groups is 2. The lowest BCUT2D eigenvalue weighted by molar-refractivity contribution is -0.870. The molecule has 0 heterocycles. The van der Waals surface area contributed by atoms with Gasteiger partial charge in [0.1, 0.15) is 18.9 Å². The zero-order valence-corrected chi connectivity index (χ0v) is 23.6. The van der Waals surface area contributed by atoms with E-state index < -0.39 is 0 Å². The molecule has 0 aliphatic carbocycles. The maximum Gasteiger partial charge on any atom is 0.316 e. The molecule has 0 aliphatic heterocycles. The first-order chi connectivity index (χ1) is 16.8. The van der Waals surface area contributed by atoms with Gasteiger partial charge in [0.25, 0.3) is 0 Å². The number of hydrogen-bond acceptors (Lipinski definition) is 4. The zero-order chi connectivity index (χ0) is 26.0. The van der Waals surface area contributed by atoms with Crippen molar-refractivity contribution in [1.29, 1.82) is 0 Å². The number of hydrogen-bond donors (Lipinski definition) is 0. The van der Waals surface area contributed by atoms with Gasteiger partial charge in [0.15, 0.2) is 0 Å². The van der Waals surface area contributed by atoms with E-state index in [0.29, 0.717) is 31.0 Å². The highest BCUT2D eigenvalue weighted by atomic mass is 32.2. The van der Waals surface area contributed by atoms with Gasteiger partial charge in [0.05, 0.1) is 26.9 Å². The van der Waals surface area contributed by atoms with Gasteiger partial charge in [-0.15, -0.1) is 0 Å². The minimum Gasteiger partial charge on any atom is -0.459 e. The van der Waals surface area contributed by atoms with Crippen molar-refractivity contribution in [3.63, 3.8) is 0 Å². The molecule has 0 aromatic heterocycles. The van der Waals surface area contributed by atoms with Crippen molar-refractivity contribution < 1.29 is 18.8 Å². The quantitative estimate of drug-likeness (QED) is 0.0674. The average Bonchev–Trinajstić information content (AvgIpc) is 2.80. The van der Waals surface area contributed by atoms with E-state index in [1.54, 1.807) is 11.8 Å². The van der Waals surface area contributed by atoms with Crippen LogP contribution in [-0.2, 0) is 14.3 Å². The van der Waals surface area contributed by atoms with Crippen molar-refractivity contribution in [2.75, 3.05) is 45.8 Å². The molecule has 0 aliphatic rings. The second kappa shape index (κ2) is 23.9. The number of allylic oxidation sites excluding steroid dienone is 10. The van der Waals surface area contributed by atoms with E-state index in [1.165, 1.54) is 0 Å². The van der Waals surface area contributed by atoms with E-state index in [1.807, 2.05) is 0 Å². The third-order valence-electron chi connectivity index (χ3n) is 4.97. The number of esters is 1. The molecule has 0 amide bonds. The second-order valence-electron chi connectivity index (χ2n) is 9.53. The predicted molar refractivity (Wildman–Crippen MR) is 154 cm³/mol. The first-order valence-corrected chi connectivity index (χ1v) is 14.3. The minimum atomic E-state index is -0.160. The van der Waals surface area contributed by atoms with Crippen LogP contribution in [0.3, 0.4) is 0 Å². The summed E-state index contributed by atoms with van der Waals surface area (Å²) in [4.78, 5) is 23.7. The standard InChI is InChI=1S/C30H50NO3S/c1-5-6-7-8-9-10-11-12-13-14-15-16-17-18-19-20-21-23-29(32)24-22-27-35-28-30(33)34-26-25-31(2,3)4/h6-7,9-10,12-13,15-16,18-19H,5,8,11,14,17,20-28H2,1-4H3/q+1/b7-6-,10-9-,13-12-,16-15-,19-18-. The van der Waals surface area contributed by atoms with Crippen LogP contribution in [0.15, 0.2) is 60.8 Å². The Kier molecular flexibility index (Phi) is 22.6. The minimum absolute atomic E-state index is 0.160. The highest BCUT2D eigenvalue weighted by Crippen LogP contribution is 2.09. The number of Topliss-reactive ketones (excluding diaryl/α,β-unsaturated/α-hetero) is 1. The van der Waals surface area contributed by atoms with Gasteiger partial charge in [-0.2, -0.15) is 11.8 Å². The van der Waals surface area contributed by atoms with Crippen molar-refractivity contribution in [3.8, 4) is 0 Å². The lowest BCUT2D eigenvalue weighted by atomic mass is 10.1. The van der Waals surface area contributed by atoms with Crippen LogP contribution in [0, 0.1) is 0 Å². The summed E-state index contributed by atoms with van der Waals surface area (Å²) in [6.07, 6.45) is 31.0. The highest BCUT2D eigenvalue weighted by Gasteiger charge is 2.09. The van der Waals surface area contributed by atoms with Crippen molar-refractivity contribution in [2.45, 2.75) is 71.1 Å². The van der Waals surface area contributed by atoms with Crippen LogP contribution in [0.2, 0.25) is 0 Å². The Labute approximate surface area is 219 Å². The fourth-order valence-electron chi connectivity index (χ4n) is 2.91. The number of likely N-dealkylation sites (N-methyl/N-ethyl adjacent to an activating group) is 1. The summed E-state index contributed by atoms with van der Waals surface area (Å²) < 4.78 is 6.01. The summed E-state index contributed by atoms with van der Waals surface area (Å²) in [5.74, 6) is 1.36. The first-order valence-electron chi connectivity index (χ1n) is 13.2. The van der Waals surface area contributed by atoms with Crippen molar-refractivity contribution in [2.24, 2.45) is 0 Å². The third kappa shape index (κ3) is 28.3. The first kappa shape index (κ1) is 33.1. The van der Waals surface area contributed by atoms with Crippen LogP contribution in [-0.4, -0.2) is 62.0 Å². The fourth-order valence-corrected chi connectivity index (χ4v) is 3.66. The summed E-state index contributed by atoms with van der Waals surface area (Å²) in [5.41, 5.74) is 0. The number of rotatable bonds is 22. The molecule has 0 rings (SSSR count). The monoisotopic (exact) mass is 504 g/mol. The maximum atomic E-state index is 12.0. The normalized spacial score (nSPS) is 12.8. The Balaban J connectivity index is 3.55. The van der Waals surface area contributed by atoms with Crippen molar-refractivity contribution in [3.05, 3.63) is 60.8 Å². The molecule has 0 saturated heterocycles. The summed E-state index contributed by atoms with van der Waals surface area (Å²) in [5, 5.41) is 0. The topological polar surface area (TPSA) is 43.4 Å². The fraction of sp³-hybridized carbons (Fsp3) is 0.600. The molecule has 198 valence electrons.